The van der Waals surface area contributed by atoms with E-state index in [-0.39, 0.29) is 33.7 Å². The molecule has 1 atom stereocenters. The zero-order valence-corrected chi connectivity index (χ0v) is 21.6. The molecule has 1 unspecified atom stereocenters. The lowest BCUT2D eigenvalue weighted by Crippen LogP contribution is -2.36. The van der Waals surface area contributed by atoms with E-state index in [4.69, 9.17) is 33.7 Å². The first kappa shape index (κ1) is 28.9. The number of nitrogens with two attached hydrogens (primary N) is 1. The molecule has 0 radical (unpaired) electrons. The SMILES string of the molecule is COCC(C)NC(=O)c1cc2ccccc2c(Cl)c1NC(=O)C(C=C(N)C(F)(F)F)=Nc1[nH+]cccc1Cl. The first-order chi connectivity index (χ1) is 17.9. The number of fused-ring (bicyclic) bond motifs is 1. The third-order valence-electron chi connectivity index (χ3n) is 5.13. The molecule has 0 saturated carbocycles. The van der Waals surface area contributed by atoms with Crippen LogP contribution in [0.15, 0.2) is 65.4 Å². The minimum atomic E-state index is -4.94. The fourth-order valence-corrected chi connectivity index (χ4v) is 3.86. The summed E-state index contributed by atoms with van der Waals surface area (Å²) in [6.07, 6.45) is -3.16. The number of pyridine rings is 1. The highest BCUT2D eigenvalue weighted by molar-refractivity contribution is 6.49. The zero-order chi connectivity index (χ0) is 28.0. The number of allylic oxidation sites excluding steroid dienone is 1. The summed E-state index contributed by atoms with van der Waals surface area (Å²) in [6.45, 7) is 1.92. The molecule has 38 heavy (non-hydrogen) atoms. The Balaban J connectivity index is 2.13. The molecule has 13 heteroatoms. The molecule has 200 valence electrons. The second kappa shape index (κ2) is 12.2. The molecular formula is C25H23Cl2F3N5O3+. The van der Waals surface area contributed by atoms with Gasteiger partial charge in [-0.25, -0.2) is 4.98 Å². The number of alkyl halides is 3. The maximum absolute atomic E-state index is 13.3. The van der Waals surface area contributed by atoms with Crippen LogP contribution in [0.2, 0.25) is 10.0 Å². The number of hydrogen-bond acceptors (Lipinski definition) is 5. The first-order valence-corrected chi connectivity index (χ1v) is 11.8. The van der Waals surface area contributed by atoms with Gasteiger partial charge in [0.25, 0.3) is 11.8 Å². The van der Waals surface area contributed by atoms with E-state index in [9.17, 15) is 22.8 Å². The number of aromatic nitrogens is 1. The van der Waals surface area contributed by atoms with Gasteiger partial charge in [0.15, 0.2) is 0 Å². The fraction of sp³-hybridized carbons (Fsp3) is 0.200. The fourth-order valence-electron chi connectivity index (χ4n) is 3.37. The Morgan fingerprint density at radius 3 is 2.58 bits per heavy atom. The summed E-state index contributed by atoms with van der Waals surface area (Å²) in [7, 11) is 1.47. The number of anilines is 1. The quantitative estimate of drug-likeness (QED) is 0.337. The molecular weight excluding hydrogens is 546 g/mol. The summed E-state index contributed by atoms with van der Waals surface area (Å²) in [5.74, 6) is -1.82. The molecule has 3 aromatic rings. The van der Waals surface area contributed by atoms with Crippen molar-refractivity contribution in [3.63, 3.8) is 0 Å². The highest BCUT2D eigenvalue weighted by Gasteiger charge is 2.34. The molecule has 1 heterocycles. The van der Waals surface area contributed by atoms with Crippen molar-refractivity contribution in [1.82, 2.24) is 5.32 Å². The van der Waals surface area contributed by atoms with Gasteiger partial charge in [-0.2, -0.15) is 13.2 Å². The molecule has 0 spiro atoms. The monoisotopic (exact) mass is 568 g/mol. The molecule has 0 bridgehead atoms. The predicted octanol–water partition coefficient (Wildman–Crippen LogP) is 4.84. The molecule has 0 saturated heterocycles. The lowest BCUT2D eigenvalue weighted by molar-refractivity contribution is -0.362. The van der Waals surface area contributed by atoms with Gasteiger partial charge < -0.3 is 21.1 Å². The van der Waals surface area contributed by atoms with Crippen molar-refractivity contribution < 1.29 is 32.5 Å². The highest BCUT2D eigenvalue weighted by Crippen LogP contribution is 2.35. The van der Waals surface area contributed by atoms with Gasteiger partial charge in [-0.15, -0.1) is 0 Å². The number of nitrogens with zero attached hydrogens (tertiary/aromatic N) is 1. The largest absolute Gasteiger partial charge is 0.430 e. The number of carbonyl (C=O) groups is 2. The van der Waals surface area contributed by atoms with Crippen LogP contribution in [0.25, 0.3) is 10.8 Å². The van der Waals surface area contributed by atoms with E-state index in [2.05, 4.69) is 20.6 Å². The summed E-state index contributed by atoms with van der Waals surface area (Å²) in [6, 6.07) is 10.9. The van der Waals surface area contributed by atoms with Crippen molar-refractivity contribution in [2.75, 3.05) is 19.0 Å². The number of rotatable bonds is 8. The van der Waals surface area contributed by atoms with Crippen LogP contribution in [0.3, 0.4) is 0 Å². The van der Waals surface area contributed by atoms with Crippen LogP contribution in [-0.4, -0.2) is 43.5 Å². The Bertz CT molecular complexity index is 1430. The van der Waals surface area contributed by atoms with E-state index in [1.165, 1.54) is 31.5 Å². The van der Waals surface area contributed by atoms with E-state index in [1.807, 2.05) is 0 Å². The number of benzene rings is 2. The number of hydrogen-bond donors (Lipinski definition) is 3. The van der Waals surface area contributed by atoms with Gasteiger partial charge in [0.05, 0.1) is 29.1 Å². The lowest BCUT2D eigenvalue weighted by Gasteiger charge is -2.17. The van der Waals surface area contributed by atoms with Crippen LogP contribution in [0.1, 0.15) is 17.3 Å². The van der Waals surface area contributed by atoms with Crippen molar-refractivity contribution in [2.24, 2.45) is 10.7 Å². The van der Waals surface area contributed by atoms with Gasteiger partial charge in [0.1, 0.15) is 10.7 Å². The van der Waals surface area contributed by atoms with E-state index < -0.39 is 35.4 Å². The zero-order valence-electron chi connectivity index (χ0n) is 20.1. The second-order valence-corrected chi connectivity index (χ2v) is 8.86. The molecule has 3 rings (SSSR count). The van der Waals surface area contributed by atoms with Gasteiger partial charge in [0.2, 0.25) is 5.71 Å². The summed E-state index contributed by atoms with van der Waals surface area (Å²) in [4.78, 5) is 33.0. The third kappa shape index (κ3) is 7.00. The van der Waals surface area contributed by atoms with Gasteiger partial charge in [-0.05, 0) is 35.5 Å². The van der Waals surface area contributed by atoms with E-state index >= 15 is 0 Å². The molecule has 5 N–H and O–H groups in total. The van der Waals surface area contributed by atoms with Crippen LogP contribution in [0.4, 0.5) is 24.7 Å². The minimum absolute atomic E-state index is 0.00239. The van der Waals surface area contributed by atoms with Crippen molar-refractivity contribution in [2.45, 2.75) is 19.1 Å². The number of nitrogens with one attached hydrogen (secondary N) is 3. The predicted molar refractivity (Wildman–Crippen MR) is 140 cm³/mol. The molecule has 0 aliphatic rings. The number of aromatic amines is 1. The van der Waals surface area contributed by atoms with Gasteiger partial charge in [-0.1, -0.05) is 47.5 Å². The summed E-state index contributed by atoms with van der Waals surface area (Å²) >= 11 is 12.7. The average molecular weight is 569 g/mol. The number of aliphatic imine (C=N–C) groups is 1. The first-order valence-electron chi connectivity index (χ1n) is 11.0. The number of methoxy groups -OCH3 is 1. The number of H-pyrrole nitrogens is 1. The standard InChI is InChI=1S/C25H22Cl2F3N5O3/c1-13(12-38-2)33-23(36)16-10-14-6-3-4-7-15(14)20(27)21(16)35-24(37)18(11-19(31)25(28,29)30)34-22-17(26)8-5-9-32-22/h3-11,13H,12,31H2,1-2H3,(H,33,36)(H,35,37)/p+1. The Hall–Kier alpha value is -3.67. The molecule has 8 nitrogen and oxygen atoms in total. The van der Waals surface area contributed by atoms with Crippen molar-refractivity contribution in [3.8, 4) is 0 Å². The Kier molecular flexibility index (Phi) is 9.31. The van der Waals surface area contributed by atoms with E-state index in [1.54, 1.807) is 31.2 Å². The maximum Gasteiger partial charge on any atom is 0.430 e. The highest BCUT2D eigenvalue weighted by atomic mass is 35.5. The molecule has 2 amide bonds. The lowest BCUT2D eigenvalue weighted by atomic mass is 10.0. The Morgan fingerprint density at radius 1 is 1.21 bits per heavy atom. The van der Waals surface area contributed by atoms with E-state index in [0.29, 0.717) is 16.8 Å². The second-order valence-electron chi connectivity index (χ2n) is 8.08. The molecule has 0 aliphatic heterocycles. The van der Waals surface area contributed by atoms with Crippen LogP contribution in [-0.2, 0) is 9.53 Å². The molecule has 2 aromatic carbocycles. The van der Waals surface area contributed by atoms with Crippen LogP contribution < -0.4 is 21.4 Å². The third-order valence-corrected chi connectivity index (χ3v) is 5.83. The Morgan fingerprint density at radius 2 is 1.92 bits per heavy atom. The normalized spacial score (nSPS) is 13.3. The maximum atomic E-state index is 13.3. The number of halogens is 5. The van der Waals surface area contributed by atoms with Gasteiger partial charge in [-0.3, -0.25) is 9.59 Å². The van der Waals surface area contributed by atoms with Crippen LogP contribution >= 0.6 is 23.2 Å². The summed E-state index contributed by atoms with van der Waals surface area (Å²) in [5, 5.41) is 6.28. The van der Waals surface area contributed by atoms with Crippen molar-refractivity contribution in [3.05, 3.63) is 76.0 Å². The van der Waals surface area contributed by atoms with Gasteiger partial charge in [0, 0.05) is 24.6 Å². The topological polar surface area (TPSA) is 120 Å². The average Bonchev–Trinajstić information content (AvgIpc) is 2.85. The minimum Gasteiger partial charge on any atom is -0.395 e. The summed E-state index contributed by atoms with van der Waals surface area (Å²) in [5.41, 5.74) is 2.69. The smallest absolute Gasteiger partial charge is 0.395 e. The number of ether oxygens (including phenoxy) is 1. The number of amides is 2. The Labute approximate surface area is 225 Å². The summed E-state index contributed by atoms with van der Waals surface area (Å²) < 4.78 is 44.7. The van der Waals surface area contributed by atoms with Crippen LogP contribution in [0.5, 0.6) is 0 Å². The molecule has 0 aliphatic carbocycles. The van der Waals surface area contributed by atoms with Crippen LogP contribution in [0, 0.1) is 0 Å². The van der Waals surface area contributed by atoms with E-state index in [0.717, 1.165) is 0 Å². The number of carbonyl (C=O) groups excluding carboxylic acids is 2. The van der Waals surface area contributed by atoms with Crippen molar-refractivity contribution in [1.29, 1.82) is 0 Å². The molecule has 1 aromatic heterocycles. The molecule has 0 fully saturated rings. The van der Waals surface area contributed by atoms with Gasteiger partial charge >= 0.3 is 12.0 Å². The van der Waals surface area contributed by atoms with Crippen molar-refractivity contribution >= 4 is 63.0 Å².